The third-order valence-corrected chi connectivity index (χ3v) is 5.11. The van der Waals surface area contributed by atoms with Gasteiger partial charge in [-0.05, 0) is 61.9 Å². The van der Waals surface area contributed by atoms with Crippen LogP contribution in [0.15, 0.2) is 59.1 Å². The lowest BCUT2D eigenvalue weighted by molar-refractivity contribution is -0.321. The minimum atomic E-state index is -3.59. The lowest BCUT2D eigenvalue weighted by atomic mass is 10.0. The highest BCUT2D eigenvalue weighted by molar-refractivity contribution is 7.86. The number of rotatable bonds is 10. The van der Waals surface area contributed by atoms with E-state index >= 15 is 0 Å². The van der Waals surface area contributed by atoms with Crippen molar-refractivity contribution in [1.82, 2.24) is 5.16 Å². The molecule has 3 rings (SSSR count). The van der Waals surface area contributed by atoms with Crippen LogP contribution in [0, 0.1) is 0 Å². The molecule has 0 unspecified atom stereocenters. The van der Waals surface area contributed by atoms with Crippen LogP contribution in [0.5, 0.6) is 17.2 Å². The number of carboxylic acid groups (broad SMARTS) is 1. The zero-order chi connectivity index (χ0) is 23.4. The third kappa shape index (κ3) is 6.01. The van der Waals surface area contributed by atoms with E-state index in [1.807, 2.05) is 0 Å². The molecule has 0 aliphatic carbocycles. The second-order valence-electron chi connectivity index (χ2n) is 7.22. The molecule has 0 aliphatic rings. The van der Waals surface area contributed by atoms with Gasteiger partial charge in [0, 0.05) is 11.6 Å². The largest absolute Gasteiger partial charge is 0.546 e. The van der Waals surface area contributed by atoms with Crippen molar-refractivity contribution in [1.29, 1.82) is 0 Å². The van der Waals surface area contributed by atoms with Crippen LogP contribution in [0.3, 0.4) is 0 Å². The topological polar surface area (TPSA) is 128 Å². The predicted octanol–water partition coefficient (Wildman–Crippen LogP) is 2.56. The van der Waals surface area contributed by atoms with Gasteiger partial charge in [0.2, 0.25) is 0 Å². The standard InChI is InChI=1S/C22H23NO8S/c1-4-22(2,21(24)25)29-17-11-9-16(10-12-17)28-14-19-13-20(23-30-19)15-5-7-18(8-6-15)31-32(3,26)27/h5-13H,4,14H2,1-3H3,(H,24,25)/p-1/t22-/m1/s1. The van der Waals surface area contributed by atoms with Gasteiger partial charge in [-0.15, -0.1) is 0 Å². The fraction of sp³-hybridized carbons (Fsp3) is 0.273. The van der Waals surface area contributed by atoms with E-state index in [-0.39, 0.29) is 18.8 Å². The highest BCUT2D eigenvalue weighted by Crippen LogP contribution is 2.26. The van der Waals surface area contributed by atoms with Crippen LogP contribution in [0.25, 0.3) is 11.3 Å². The summed E-state index contributed by atoms with van der Waals surface area (Å²) in [6, 6.07) is 14.6. The molecule has 0 fully saturated rings. The Labute approximate surface area is 185 Å². The molecule has 1 atom stereocenters. The van der Waals surface area contributed by atoms with E-state index in [2.05, 4.69) is 5.16 Å². The number of ether oxygens (including phenoxy) is 2. The first-order valence-corrected chi connectivity index (χ1v) is 11.5. The van der Waals surface area contributed by atoms with Crippen LogP contribution in [-0.4, -0.2) is 31.4 Å². The molecule has 0 saturated carbocycles. The van der Waals surface area contributed by atoms with Crippen LogP contribution >= 0.6 is 0 Å². The van der Waals surface area contributed by atoms with Crippen molar-refractivity contribution in [3.63, 3.8) is 0 Å². The summed E-state index contributed by atoms with van der Waals surface area (Å²) in [4.78, 5) is 11.3. The summed E-state index contributed by atoms with van der Waals surface area (Å²) in [5.74, 6) is 0.321. The number of hydrogen-bond donors (Lipinski definition) is 0. The molecular formula is C22H22NO8S-. The normalized spacial score (nSPS) is 13.2. The van der Waals surface area contributed by atoms with Gasteiger partial charge in [-0.1, -0.05) is 12.1 Å². The molecule has 1 heterocycles. The number of carbonyl (C=O) groups is 1. The Morgan fingerprint density at radius 1 is 1.06 bits per heavy atom. The summed E-state index contributed by atoms with van der Waals surface area (Å²) in [6.07, 6.45) is 1.23. The smallest absolute Gasteiger partial charge is 0.306 e. The van der Waals surface area contributed by atoms with Crippen molar-refractivity contribution in [2.75, 3.05) is 6.26 Å². The Morgan fingerprint density at radius 3 is 2.22 bits per heavy atom. The zero-order valence-corrected chi connectivity index (χ0v) is 18.5. The van der Waals surface area contributed by atoms with Gasteiger partial charge in [0.1, 0.15) is 35.2 Å². The van der Waals surface area contributed by atoms with Crippen molar-refractivity contribution in [2.45, 2.75) is 32.5 Å². The fourth-order valence-electron chi connectivity index (χ4n) is 2.65. The fourth-order valence-corrected chi connectivity index (χ4v) is 3.11. The van der Waals surface area contributed by atoms with Gasteiger partial charge in [0.05, 0.1) is 12.2 Å². The number of hydrogen-bond acceptors (Lipinski definition) is 9. The number of aromatic nitrogens is 1. The second-order valence-corrected chi connectivity index (χ2v) is 8.80. The summed E-state index contributed by atoms with van der Waals surface area (Å²) in [7, 11) is -3.59. The lowest BCUT2D eigenvalue weighted by Crippen LogP contribution is -2.49. The average molecular weight is 460 g/mol. The van der Waals surface area contributed by atoms with Gasteiger partial charge in [-0.25, -0.2) is 0 Å². The molecule has 9 nitrogen and oxygen atoms in total. The molecule has 0 spiro atoms. The molecule has 0 radical (unpaired) electrons. The van der Waals surface area contributed by atoms with Crippen molar-refractivity contribution in [3.8, 4) is 28.5 Å². The highest BCUT2D eigenvalue weighted by atomic mass is 32.2. The van der Waals surface area contributed by atoms with Crippen molar-refractivity contribution in [3.05, 3.63) is 60.4 Å². The number of carbonyl (C=O) groups excluding carboxylic acids is 1. The monoisotopic (exact) mass is 460 g/mol. The molecule has 1 aromatic heterocycles. The van der Waals surface area contributed by atoms with Gasteiger partial charge in [-0.3, -0.25) is 0 Å². The van der Waals surface area contributed by atoms with Crippen LogP contribution in [-0.2, 0) is 21.5 Å². The summed E-state index contributed by atoms with van der Waals surface area (Å²) < 4.78 is 43.6. The Balaban J connectivity index is 1.59. The number of aliphatic carboxylic acids is 1. The number of benzene rings is 2. The summed E-state index contributed by atoms with van der Waals surface area (Å²) in [5.41, 5.74) is -0.137. The first kappa shape index (κ1) is 23.1. The maximum absolute atomic E-state index is 11.3. The first-order valence-electron chi connectivity index (χ1n) is 9.67. The van der Waals surface area contributed by atoms with Crippen LogP contribution < -0.4 is 18.8 Å². The minimum Gasteiger partial charge on any atom is -0.546 e. The predicted molar refractivity (Wildman–Crippen MR) is 113 cm³/mol. The van der Waals surface area contributed by atoms with Crippen LogP contribution in [0.1, 0.15) is 26.0 Å². The highest BCUT2D eigenvalue weighted by Gasteiger charge is 2.25. The molecule has 170 valence electrons. The molecule has 32 heavy (non-hydrogen) atoms. The van der Waals surface area contributed by atoms with Crippen LogP contribution in [0.4, 0.5) is 0 Å². The molecule has 0 aliphatic heterocycles. The van der Waals surface area contributed by atoms with Gasteiger partial charge in [0.25, 0.3) is 0 Å². The van der Waals surface area contributed by atoms with Gasteiger partial charge < -0.3 is 28.1 Å². The Morgan fingerprint density at radius 2 is 1.66 bits per heavy atom. The van der Waals surface area contributed by atoms with E-state index in [0.29, 0.717) is 28.5 Å². The van der Waals surface area contributed by atoms with E-state index < -0.39 is 21.7 Å². The number of carboxylic acids is 1. The minimum absolute atomic E-state index is 0.119. The maximum Gasteiger partial charge on any atom is 0.306 e. The molecule has 0 bridgehead atoms. The molecular weight excluding hydrogens is 438 g/mol. The first-order chi connectivity index (χ1) is 15.1. The second kappa shape index (κ2) is 9.31. The van der Waals surface area contributed by atoms with Crippen LogP contribution in [0.2, 0.25) is 0 Å². The third-order valence-electron chi connectivity index (χ3n) is 4.61. The Kier molecular flexibility index (Phi) is 6.73. The van der Waals surface area contributed by atoms with Gasteiger partial charge in [-0.2, -0.15) is 8.42 Å². The van der Waals surface area contributed by atoms with Gasteiger partial charge in [0.15, 0.2) is 5.76 Å². The molecule has 0 amide bonds. The van der Waals surface area contributed by atoms with Crippen molar-refractivity contribution >= 4 is 16.1 Å². The number of nitrogens with zero attached hydrogens (tertiary/aromatic N) is 1. The SMILES string of the molecule is CC[C@@](C)(Oc1ccc(OCc2cc(-c3ccc(OS(C)(=O)=O)cc3)no2)cc1)C(=O)[O-]. The zero-order valence-electron chi connectivity index (χ0n) is 17.7. The molecule has 10 heteroatoms. The molecule has 0 N–H and O–H groups in total. The Bertz CT molecular complexity index is 1170. The lowest BCUT2D eigenvalue weighted by Gasteiger charge is -2.30. The molecule has 2 aromatic carbocycles. The maximum atomic E-state index is 11.3. The molecule has 0 saturated heterocycles. The average Bonchev–Trinajstić information content (AvgIpc) is 3.21. The summed E-state index contributed by atoms with van der Waals surface area (Å²) in [5, 5.41) is 15.2. The quantitative estimate of drug-likeness (QED) is 0.419. The molecule has 3 aromatic rings. The van der Waals surface area contributed by atoms with E-state index in [1.54, 1.807) is 49.4 Å². The van der Waals surface area contributed by atoms with E-state index in [4.69, 9.17) is 18.2 Å². The van der Waals surface area contributed by atoms with Gasteiger partial charge >= 0.3 is 10.1 Å². The van der Waals surface area contributed by atoms with E-state index in [9.17, 15) is 18.3 Å². The van der Waals surface area contributed by atoms with Crippen molar-refractivity contribution < 1.29 is 36.5 Å². The summed E-state index contributed by atoms with van der Waals surface area (Å²) in [6.45, 7) is 3.28. The Hall–Kier alpha value is -3.53. The van der Waals surface area contributed by atoms with Crippen molar-refractivity contribution in [2.24, 2.45) is 0 Å². The summed E-state index contributed by atoms with van der Waals surface area (Å²) >= 11 is 0. The van der Waals surface area contributed by atoms with E-state index in [0.717, 1.165) is 6.26 Å². The van der Waals surface area contributed by atoms with E-state index in [1.165, 1.54) is 19.1 Å².